The number of aliphatic hydroxyl groups is 1. The van der Waals surface area contributed by atoms with E-state index in [1.807, 2.05) is 0 Å². The van der Waals surface area contributed by atoms with Crippen molar-refractivity contribution in [3.8, 4) is 0 Å². The molecule has 1 atom stereocenters. The molecule has 0 radical (unpaired) electrons. The lowest BCUT2D eigenvalue weighted by atomic mass is 10.0. The highest BCUT2D eigenvalue weighted by Crippen LogP contribution is 2.31. The maximum Gasteiger partial charge on any atom is 0.0652 e. The van der Waals surface area contributed by atoms with Crippen LogP contribution in [-0.4, -0.2) is 17.8 Å². The van der Waals surface area contributed by atoms with Crippen molar-refractivity contribution in [2.24, 2.45) is 5.92 Å². The van der Waals surface area contributed by atoms with E-state index in [1.54, 1.807) is 12.1 Å². The first-order valence-electron chi connectivity index (χ1n) is 5.94. The number of aliphatic hydroxyl groups excluding tert-OH is 1. The molecule has 0 aromatic heterocycles. The molecule has 1 unspecified atom stereocenters. The van der Waals surface area contributed by atoms with Gasteiger partial charge in [-0.2, -0.15) is 0 Å². The predicted octanol–water partition coefficient (Wildman–Crippen LogP) is 4.14. The fourth-order valence-electron chi connectivity index (χ4n) is 1.77. The summed E-state index contributed by atoms with van der Waals surface area (Å²) < 4.78 is 0. The van der Waals surface area contributed by atoms with Gasteiger partial charge in [-0.25, -0.2) is 0 Å². The normalized spacial score (nSPS) is 13.1. The highest BCUT2D eigenvalue weighted by Gasteiger charge is 2.15. The lowest BCUT2D eigenvalue weighted by Gasteiger charge is -2.22. The van der Waals surface area contributed by atoms with Gasteiger partial charge in [0.1, 0.15) is 0 Å². The first-order chi connectivity index (χ1) is 8.47. The smallest absolute Gasteiger partial charge is 0.0652 e. The number of rotatable bonds is 6. The zero-order valence-corrected chi connectivity index (χ0v) is 12.8. The van der Waals surface area contributed by atoms with E-state index in [0.717, 1.165) is 5.56 Å². The van der Waals surface area contributed by atoms with Crippen molar-refractivity contribution < 1.29 is 5.11 Å². The molecular formula is C13H18Cl3NO. The summed E-state index contributed by atoms with van der Waals surface area (Å²) in [6.45, 7) is 4.91. The summed E-state index contributed by atoms with van der Waals surface area (Å²) in [5, 5.41) is 14.0. The quantitative estimate of drug-likeness (QED) is 0.774. The summed E-state index contributed by atoms with van der Waals surface area (Å²) in [6.07, 6.45) is 0.702. The minimum atomic E-state index is 0.160. The number of hydrogen-bond acceptors (Lipinski definition) is 2. The van der Waals surface area contributed by atoms with E-state index in [1.165, 1.54) is 0 Å². The van der Waals surface area contributed by atoms with Gasteiger partial charge < -0.3 is 10.4 Å². The summed E-state index contributed by atoms with van der Waals surface area (Å²) >= 11 is 18.2. The maximum absolute atomic E-state index is 9.02. The average molecular weight is 311 g/mol. The van der Waals surface area contributed by atoms with Gasteiger partial charge in [0, 0.05) is 29.8 Å². The van der Waals surface area contributed by atoms with Gasteiger partial charge in [0.25, 0.3) is 0 Å². The van der Waals surface area contributed by atoms with Gasteiger partial charge in [0.15, 0.2) is 0 Å². The van der Waals surface area contributed by atoms with Crippen LogP contribution in [0.2, 0.25) is 15.1 Å². The van der Waals surface area contributed by atoms with Gasteiger partial charge in [-0.3, -0.25) is 0 Å². The molecule has 2 nitrogen and oxygen atoms in total. The second kappa shape index (κ2) is 7.56. The Balaban J connectivity index is 2.76. The lowest BCUT2D eigenvalue weighted by Crippen LogP contribution is -2.34. The van der Waals surface area contributed by atoms with Crippen LogP contribution in [-0.2, 0) is 6.54 Å². The molecule has 0 aliphatic rings. The highest BCUT2D eigenvalue weighted by atomic mass is 35.5. The molecule has 5 heteroatoms. The van der Waals surface area contributed by atoms with Crippen LogP contribution in [0.3, 0.4) is 0 Å². The van der Waals surface area contributed by atoms with Gasteiger partial charge in [-0.1, -0.05) is 48.7 Å². The second-order valence-corrected chi connectivity index (χ2v) is 5.76. The molecule has 0 fully saturated rings. The van der Waals surface area contributed by atoms with Crippen LogP contribution in [0.25, 0.3) is 0 Å². The van der Waals surface area contributed by atoms with Gasteiger partial charge in [0.05, 0.1) is 10.0 Å². The average Bonchev–Trinajstić information content (AvgIpc) is 2.32. The fraction of sp³-hybridized carbons (Fsp3) is 0.538. The van der Waals surface area contributed by atoms with E-state index in [4.69, 9.17) is 39.9 Å². The third-order valence-corrected chi connectivity index (χ3v) is 4.12. The molecular weight excluding hydrogens is 293 g/mol. The largest absolute Gasteiger partial charge is 0.396 e. The molecule has 0 saturated heterocycles. The highest BCUT2D eigenvalue weighted by molar-refractivity contribution is 6.44. The molecule has 0 amide bonds. The van der Waals surface area contributed by atoms with Crippen LogP contribution < -0.4 is 5.32 Å². The molecule has 102 valence electrons. The third kappa shape index (κ3) is 4.29. The standard InChI is InChI=1S/C13H18Cl3NO/c1-8(2)12(5-6-18)17-7-9-10(14)3-4-11(15)13(9)16/h3-4,8,12,17-18H,5-7H2,1-2H3. The van der Waals surface area contributed by atoms with Crippen LogP contribution in [0, 0.1) is 5.92 Å². The summed E-state index contributed by atoms with van der Waals surface area (Å²) in [7, 11) is 0. The molecule has 0 bridgehead atoms. The third-order valence-electron chi connectivity index (χ3n) is 2.92. The molecule has 1 aromatic carbocycles. The Labute approximate surface area is 123 Å². The van der Waals surface area contributed by atoms with Crippen molar-refractivity contribution >= 4 is 34.8 Å². The van der Waals surface area contributed by atoms with E-state index in [9.17, 15) is 0 Å². The second-order valence-electron chi connectivity index (χ2n) is 4.57. The van der Waals surface area contributed by atoms with E-state index in [2.05, 4.69) is 19.2 Å². The van der Waals surface area contributed by atoms with Gasteiger partial charge in [0.2, 0.25) is 0 Å². The molecule has 18 heavy (non-hydrogen) atoms. The van der Waals surface area contributed by atoms with E-state index in [0.29, 0.717) is 34.0 Å². The predicted molar refractivity (Wildman–Crippen MR) is 78.6 cm³/mol. The Morgan fingerprint density at radius 1 is 1.17 bits per heavy atom. The number of nitrogens with one attached hydrogen (secondary N) is 1. The maximum atomic E-state index is 9.02. The summed E-state index contributed by atoms with van der Waals surface area (Å²) in [5.41, 5.74) is 0.800. The van der Waals surface area contributed by atoms with Gasteiger partial charge in [-0.15, -0.1) is 0 Å². The van der Waals surface area contributed by atoms with E-state index in [-0.39, 0.29) is 12.6 Å². The monoisotopic (exact) mass is 309 g/mol. The molecule has 1 rings (SSSR count). The Hall–Kier alpha value is 0.01000. The topological polar surface area (TPSA) is 32.3 Å². The van der Waals surface area contributed by atoms with Gasteiger partial charge in [-0.05, 0) is 24.5 Å². The molecule has 0 aliphatic heterocycles. The zero-order valence-electron chi connectivity index (χ0n) is 10.5. The SMILES string of the molecule is CC(C)C(CCO)NCc1c(Cl)ccc(Cl)c1Cl. The Morgan fingerprint density at radius 3 is 2.33 bits per heavy atom. The Kier molecular flexibility index (Phi) is 6.75. The zero-order chi connectivity index (χ0) is 13.7. The van der Waals surface area contributed by atoms with Crippen LogP contribution in [0.1, 0.15) is 25.8 Å². The van der Waals surface area contributed by atoms with Crippen molar-refractivity contribution in [2.75, 3.05) is 6.61 Å². The molecule has 2 N–H and O–H groups in total. The lowest BCUT2D eigenvalue weighted by molar-refractivity contribution is 0.244. The van der Waals surface area contributed by atoms with Crippen LogP contribution >= 0.6 is 34.8 Å². The van der Waals surface area contributed by atoms with Crippen LogP contribution in [0.5, 0.6) is 0 Å². The number of benzene rings is 1. The summed E-state index contributed by atoms with van der Waals surface area (Å²) in [6, 6.07) is 3.65. The van der Waals surface area contributed by atoms with Crippen molar-refractivity contribution in [3.63, 3.8) is 0 Å². The molecule has 1 aromatic rings. The summed E-state index contributed by atoms with van der Waals surface area (Å²) in [4.78, 5) is 0. The summed E-state index contributed by atoms with van der Waals surface area (Å²) in [5.74, 6) is 0.425. The van der Waals surface area contributed by atoms with Crippen molar-refractivity contribution in [1.82, 2.24) is 5.32 Å². The molecule has 0 aliphatic carbocycles. The fourth-order valence-corrected chi connectivity index (χ4v) is 2.46. The molecule has 0 spiro atoms. The minimum absolute atomic E-state index is 0.160. The first kappa shape index (κ1) is 16.1. The molecule has 0 heterocycles. The van der Waals surface area contributed by atoms with E-state index < -0.39 is 0 Å². The van der Waals surface area contributed by atoms with E-state index >= 15 is 0 Å². The van der Waals surface area contributed by atoms with Crippen molar-refractivity contribution in [3.05, 3.63) is 32.8 Å². The Bertz CT molecular complexity index is 396. The van der Waals surface area contributed by atoms with Crippen molar-refractivity contribution in [2.45, 2.75) is 32.9 Å². The van der Waals surface area contributed by atoms with Crippen LogP contribution in [0.4, 0.5) is 0 Å². The van der Waals surface area contributed by atoms with Gasteiger partial charge >= 0.3 is 0 Å². The van der Waals surface area contributed by atoms with Crippen molar-refractivity contribution in [1.29, 1.82) is 0 Å². The number of halogens is 3. The number of hydrogen-bond donors (Lipinski definition) is 2. The molecule has 0 saturated carbocycles. The minimum Gasteiger partial charge on any atom is -0.396 e. The first-order valence-corrected chi connectivity index (χ1v) is 7.07. The van der Waals surface area contributed by atoms with Crippen LogP contribution in [0.15, 0.2) is 12.1 Å². The Morgan fingerprint density at radius 2 is 1.78 bits per heavy atom.